The van der Waals surface area contributed by atoms with Crippen LogP contribution in [0.15, 0.2) is 47.4 Å². The molecule has 2 heteroatoms. The minimum atomic E-state index is 0.227. The van der Waals surface area contributed by atoms with E-state index in [2.05, 4.69) is 63.2 Å². The van der Waals surface area contributed by atoms with Crippen molar-refractivity contribution < 1.29 is 0 Å². The molecule has 2 rings (SSSR count). The van der Waals surface area contributed by atoms with Crippen molar-refractivity contribution in [3.63, 3.8) is 0 Å². The normalized spacial score (nSPS) is 13.8. The summed E-state index contributed by atoms with van der Waals surface area (Å²) < 4.78 is 0. The van der Waals surface area contributed by atoms with Crippen LogP contribution in [0.25, 0.3) is 10.8 Å². The molecule has 2 aromatic rings. The zero-order chi connectivity index (χ0) is 13.2. The lowest BCUT2D eigenvalue weighted by atomic mass is 9.92. The van der Waals surface area contributed by atoms with Crippen LogP contribution in [0.1, 0.15) is 20.8 Å². The van der Waals surface area contributed by atoms with Gasteiger partial charge in [-0.25, -0.2) is 0 Å². The zero-order valence-corrected chi connectivity index (χ0v) is 12.1. The Hall–Kier alpha value is -0.990. The van der Waals surface area contributed by atoms with E-state index in [9.17, 15) is 0 Å². The van der Waals surface area contributed by atoms with Gasteiger partial charge in [-0.3, -0.25) is 0 Å². The molecule has 0 aliphatic rings. The third kappa shape index (κ3) is 3.06. The van der Waals surface area contributed by atoms with Crippen LogP contribution < -0.4 is 5.73 Å². The largest absolute Gasteiger partial charge is 0.329 e. The van der Waals surface area contributed by atoms with Gasteiger partial charge >= 0.3 is 0 Å². The first-order chi connectivity index (χ1) is 8.50. The van der Waals surface area contributed by atoms with E-state index in [-0.39, 0.29) is 5.41 Å². The maximum atomic E-state index is 5.90. The fourth-order valence-electron chi connectivity index (χ4n) is 1.98. The van der Waals surface area contributed by atoms with Crippen molar-refractivity contribution in [3.8, 4) is 0 Å². The first kappa shape index (κ1) is 13.4. The Balaban J connectivity index is 2.26. The molecule has 0 aromatic heterocycles. The van der Waals surface area contributed by atoms with E-state index in [1.165, 1.54) is 15.7 Å². The summed E-state index contributed by atoms with van der Waals surface area (Å²) in [6.45, 7) is 7.46. The summed E-state index contributed by atoms with van der Waals surface area (Å²) in [4.78, 5) is 1.30. The summed E-state index contributed by atoms with van der Waals surface area (Å²) in [5, 5.41) is 3.03. The molecule has 0 aliphatic carbocycles. The van der Waals surface area contributed by atoms with Crippen molar-refractivity contribution in [2.45, 2.75) is 30.9 Å². The molecule has 18 heavy (non-hydrogen) atoms. The molecule has 1 unspecified atom stereocenters. The minimum absolute atomic E-state index is 0.227. The molecule has 0 radical (unpaired) electrons. The fourth-order valence-corrected chi connectivity index (χ4v) is 3.10. The van der Waals surface area contributed by atoms with E-state index in [0.29, 0.717) is 11.8 Å². The van der Waals surface area contributed by atoms with Crippen molar-refractivity contribution >= 4 is 22.5 Å². The Morgan fingerprint density at radius 2 is 1.72 bits per heavy atom. The number of rotatable bonds is 3. The highest BCUT2D eigenvalue weighted by atomic mass is 32.2. The van der Waals surface area contributed by atoms with E-state index >= 15 is 0 Å². The minimum Gasteiger partial charge on any atom is -0.329 e. The summed E-state index contributed by atoms with van der Waals surface area (Å²) in [5.41, 5.74) is 6.13. The number of hydrogen-bond acceptors (Lipinski definition) is 2. The molecule has 0 spiro atoms. The Bertz CT molecular complexity index is 528. The molecule has 0 bridgehead atoms. The molecular formula is C16H21NS. The maximum absolute atomic E-state index is 5.90. The summed E-state index contributed by atoms with van der Waals surface area (Å²) >= 11 is 1.89. The molecule has 0 saturated heterocycles. The first-order valence-corrected chi connectivity index (χ1v) is 7.24. The predicted molar refractivity (Wildman–Crippen MR) is 82.1 cm³/mol. The van der Waals surface area contributed by atoms with E-state index in [1.54, 1.807) is 0 Å². The van der Waals surface area contributed by atoms with E-state index in [0.717, 1.165) is 0 Å². The summed E-state index contributed by atoms with van der Waals surface area (Å²) in [6, 6.07) is 15.1. The fraction of sp³-hybridized carbons (Fsp3) is 0.375. The van der Waals surface area contributed by atoms with Crippen LogP contribution in [0.4, 0.5) is 0 Å². The van der Waals surface area contributed by atoms with Gasteiger partial charge in [-0.2, -0.15) is 0 Å². The van der Waals surface area contributed by atoms with Gasteiger partial charge in [0.05, 0.1) is 0 Å². The molecule has 96 valence electrons. The second-order valence-electron chi connectivity index (χ2n) is 5.72. The molecule has 0 amide bonds. The molecule has 0 fully saturated rings. The number of nitrogens with two attached hydrogens (primary N) is 1. The van der Waals surface area contributed by atoms with Crippen molar-refractivity contribution in [2.75, 3.05) is 6.54 Å². The lowest BCUT2D eigenvalue weighted by Gasteiger charge is -2.29. The Labute approximate surface area is 114 Å². The third-order valence-electron chi connectivity index (χ3n) is 3.18. The number of fused-ring (bicyclic) bond motifs is 1. The maximum Gasteiger partial charge on any atom is 0.0265 e. The standard InChI is InChI=1S/C16H21NS/c1-16(2,3)15(11-17)18-14-9-8-12-6-4-5-7-13(12)10-14/h4-10,15H,11,17H2,1-3H3. The lowest BCUT2D eigenvalue weighted by molar-refractivity contribution is 0.398. The lowest BCUT2D eigenvalue weighted by Crippen LogP contribution is -2.30. The van der Waals surface area contributed by atoms with Crippen molar-refractivity contribution in [3.05, 3.63) is 42.5 Å². The van der Waals surface area contributed by atoms with Gasteiger partial charge in [0.25, 0.3) is 0 Å². The average Bonchev–Trinajstić information content (AvgIpc) is 2.34. The number of thioether (sulfide) groups is 1. The van der Waals surface area contributed by atoms with Crippen molar-refractivity contribution in [1.29, 1.82) is 0 Å². The molecule has 1 atom stereocenters. The van der Waals surface area contributed by atoms with Gasteiger partial charge in [-0.15, -0.1) is 11.8 Å². The second-order valence-corrected chi connectivity index (χ2v) is 6.99. The second kappa shape index (κ2) is 5.33. The van der Waals surface area contributed by atoms with Gasteiger partial charge < -0.3 is 5.73 Å². The van der Waals surface area contributed by atoms with Gasteiger partial charge in [0.1, 0.15) is 0 Å². The topological polar surface area (TPSA) is 26.0 Å². The Morgan fingerprint density at radius 1 is 1.06 bits per heavy atom. The molecule has 1 nitrogen and oxygen atoms in total. The number of hydrogen-bond donors (Lipinski definition) is 1. The van der Waals surface area contributed by atoms with E-state index in [1.807, 2.05) is 11.8 Å². The number of benzene rings is 2. The van der Waals surface area contributed by atoms with Gasteiger partial charge in [-0.1, -0.05) is 51.1 Å². The van der Waals surface area contributed by atoms with E-state index in [4.69, 9.17) is 5.73 Å². The first-order valence-electron chi connectivity index (χ1n) is 6.36. The third-order valence-corrected chi connectivity index (χ3v) is 4.89. The molecular weight excluding hydrogens is 238 g/mol. The smallest absolute Gasteiger partial charge is 0.0265 e. The quantitative estimate of drug-likeness (QED) is 0.831. The van der Waals surface area contributed by atoms with Crippen LogP contribution in [0.2, 0.25) is 0 Å². The molecule has 2 N–H and O–H groups in total. The van der Waals surface area contributed by atoms with Gasteiger partial charge in [0.15, 0.2) is 0 Å². The molecule has 0 aliphatic heterocycles. The van der Waals surface area contributed by atoms with E-state index < -0.39 is 0 Å². The summed E-state index contributed by atoms with van der Waals surface area (Å²) in [5.74, 6) is 0. The van der Waals surface area contributed by atoms with Crippen LogP contribution >= 0.6 is 11.8 Å². The van der Waals surface area contributed by atoms with Crippen LogP contribution in [0, 0.1) is 5.41 Å². The van der Waals surface area contributed by atoms with Crippen LogP contribution in [-0.2, 0) is 0 Å². The van der Waals surface area contributed by atoms with Crippen molar-refractivity contribution in [1.82, 2.24) is 0 Å². The summed E-state index contributed by atoms with van der Waals surface area (Å²) in [7, 11) is 0. The molecule has 2 aromatic carbocycles. The van der Waals surface area contributed by atoms with Crippen LogP contribution in [-0.4, -0.2) is 11.8 Å². The highest BCUT2D eigenvalue weighted by Crippen LogP contribution is 2.35. The SMILES string of the molecule is CC(C)(C)C(CN)Sc1ccc2ccccc2c1. The van der Waals surface area contributed by atoms with Gasteiger partial charge in [0.2, 0.25) is 0 Å². The highest BCUT2D eigenvalue weighted by molar-refractivity contribution is 8.00. The van der Waals surface area contributed by atoms with Crippen molar-refractivity contribution in [2.24, 2.45) is 11.1 Å². The predicted octanol–water partition coefficient (Wildman–Crippen LogP) is 4.31. The Morgan fingerprint density at radius 3 is 2.33 bits per heavy atom. The van der Waals surface area contributed by atoms with Crippen LogP contribution in [0.3, 0.4) is 0 Å². The Kier molecular flexibility index (Phi) is 3.98. The highest BCUT2D eigenvalue weighted by Gasteiger charge is 2.24. The molecule has 0 saturated carbocycles. The average molecular weight is 259 g/mol. The van der Waals surface area contributed by atoms with Gasteiger partial charge in [-0.05, 0) is 28.3 Å². The summed E-state index contributed by atoms with van der Waals surface area (Å²) in [6.07, 6.45) is 0. The van der Waals surface area contributed by atoms with Crippen LogP contribution in [0.5, 0.6) is 0 Å². The zero-order valence-electron chi connectivity index (χ0n) is 11.3. The van der Waals surface area contributed by atoms with Gasteiger partial charge in [0, 0.05) is 16.7 Å². The molecule has 0 heterocycles. The monoisotopic (exact) mass is 259 g/mol.